The fraction of sp³-hybridized carbons (Fsp3) is 0.917. The molecule has 4 nitrogen and oxygen atoms in total. The number of rotatable bonds is 9. The fourth-order valence-electron chi connectivity index (χ4n) is 1.58. The molecule has 0 radical (unpaired) electrons. The molecule has 96 valence electrons. The van der Waals surface area contributed by atoms with Crippen LogP contribution in [-0.2, 0) is 19.3 Å². The Kier molecular flexibility index (Phi) is 8.21. The number of ether oxygens (including phenoxy) is 1. The van der Waals surface area contributed by atoms with Crippen molar-refractivity contribution in [2.45, 2.75) is 59.0 Å². The summed E-state index contributed by atoms with van der Waals surface area (Å²) in [5.74, 6) is -0.410. The quantitative estimate of drug-likeness (QED) is 0.453. The molecule has 0 aliphatic carbocycles. The van der Waals surface area contributed by atoms with Crippen molar-refractivity contribution in [2.75, 3.05) is 13.2 Å². The molecule has 1 atom stereocenters. The first-order valence-corrected chi connectivity index (χ1v) is 6.14. The van der Waals surface area contributed by atoms with E-state index in [1.807, 2.05) is 13.8 Å². The van der Waals surface area contributed by atoms with Crippen LogP contribution in [0, 0.1) is 0 Å². The van der Waals surface area contributed by atoms with Crippen molar-refractivity contribution < 1.29 is 19.3 Å². The Labute approximate surface area is 98.2 Å². The van der Waals surface area contributed by atoms with Crippen LogP contribution in [0.1, 0.15) is 53.4 Å². The van der Waals surface area contributed by atoms with Gasteiger partial charge in [-0.2, -0.15) is 4.89 Å². The van der Waals surface area contributed by atoms with Gasteiger partial charge in [0.25, 0.3) is 0 Å². The normalized spacial score (nSPS) is 14.5. The lowest BCUT2D eigenvalue weighted by Crippen LogP contribution is -2.42. The molecule has 0 aromatic carbocycles. The van der Waals surface area contributed by atoms with Crippen molar-refractivity contribution in [3.05, 3.63) is 0 Å². The van der Waals surface area contributed by atoms with E-state index < -0.39 is 11.6 Å². The maximum absolute atomic E-state index is 11.9. The molecular weight excluding hydrogens is 208 g/mol. The second-order valence-electron chi connectivity index (χ2n) is 3.66. The predicted octanol–water partition coefficient (Wildman–Crippen LogP) is 2.86. The molecule has 0 heterocycles. The molecule has 0 N–H and O–H groups in total. The molecule has 16 heavy (non-hydrogen) atoms. The Bertz CT molecular complexity index is 193. The van der Waals surface area contributed by atoms with E-state index in [9.17, 15) is 4.79 Å². The second-order valence-corrected chi connectivity index (χ2v) is 3.66. The topological polar surface area (TPSA) is 44.8 Å². The molecule has 0 rings (SSSR count). The molecule has 0 aliphatic heterocycles. The summed E-state index contributed by atoms with van der Waals surface area (Å²) in [4.78, 5) is 21.3. The standard InChI is InChI=1S/C12H24O4/c1-5-9-10-12(6-2,14-7-3)11(13)16-15-8-4/h5-10H2,1-4H3. The minimum atomic E-state index is -0.833. The summed E-state index contributed by atoms with van der Waals surface area (Å²) in [6, 6.07) is 0. The van der Waals surface area contributed by atoms with Gasteiger partial charge in [-0.05, 0) is 26.7 Å². The highest BCUT2D eigenvalue weighted by molar-refractivity contribution is 5.79. The summed E-state index contributed by atoms with van der Waals surface area (Å²) >= 11 is 0. The van der Waals surface area contributed by atoms with Gasteiger partial charge < -0.3 is 4.74 Å². The van der Waals surface area contributed by atoms with Gasteiger partial charge in [-0.25, -0.2) is 4.79 Å². The molecule has 0 aliphatic rings. The van der Waals surface area contributed by atoms with Crippen molar-refractivity contribution in [1.82, 2.24) is 0 Å². The zero-order valence-electron chi connectivity index (χ0n) is 10.9. The molecule has 0 fully saturated rings. The maximum atomic E-state index is 11.9. The van der Waals surface area contributed by atoms with Crippen molar-refractivity contribution >= 4 is 5.97 Å². The van der Waals surface area contributed by atoms with Gasteiger partial charge in [-0.3, -0.25) is 4.89 Å². The molecular formula is C12H24O4. The molecule has 0 saturated carbocycles. The Morgan fingerprint density at radius 2 is 1.81 bits per heavy atom. The van der Waals surface area contributed by atoms with Crippen LogP contribution in [0.4, 0.5) is 0 Å². The Morgan fingerprint density at radius 3 is 2.25 bits per heavy atom. The zero-order chi connectivity index (χ0) is 12.4. The highest BCUT2D eigenvalue weighted by Gasteiger charge is 2.39. The lowest BCUT2D eigenvalue weighted by molar-refractivity contribution is -0.286. The maximum Gasteiger partial charge on any atom is 0.373 e. The van der Waals surface area contributed by atoms with Gasteiger partial charge >= 0.3 is 5.97 Å². The van der Waals surface area contributed by atoms with Gasteiger partial charge in [0.1, 0.15) is 0 Å². The van der Waals surface area contributed by atoms with E-state index in [1.165, 1.54) is 0 Å². The van der Waals surface area contributed by atoms with E-state index in [4.69, 9.17) is 14.5 Å². The van der Waals surface area contributed by atoms with E-state index >= 15 is 0 Å². The number of hydrogen-bond donors (Lipinski definition) is 0. The third kappa shape index (κ3) is 4.49. The van der Waals surface area contributed by atoms with Crippen molar-refractivity contribution in [3.63, 3.8) is 0 Å². The van der Waals surface area contributed by atoms with Crippen LogP contribution in [0.5, 0.6) is 0 Å². The first kappa shape index (κ1) is 15.4. The van der Waals surface area contributed by atoms with Crippen molar-refractivity contribution in [1.29, 1.82) is 0 Å². The molecule has 0 aromatic heterocycles. The summed E-state index contributed by atoms with van der Waals surface area (Å²) < 4.78 is 5.59. The van der Waals surface area contributed by atoms with Gasteiger partial charge in [0, 0.05) is 6.61 Å². The van der Waals surface area contributed by atoms with Gasteiger partial charge in [0.05, 0.1) is 6.61 Å². The summed E-state index contributed by atoms with van der Waals surface area (Å²) in [5, 5.41) is 0. The summed E-state index contributed by atoms with van der Waals surface area (Å²) in [6.07, 6.45) is 3.25. The SMILES string of the molecule is CCCCC(CC)(OCC)C(=O)OOCC. The number of unbranched alkanes of at least 4 members (excludes halogenated alkanes) is 1. The fourth-order valence-corrected chi connectivity index (χ4v) is 1.58. The Hall–Kier alpha value is -0.610. The Morgan fingerprint density at radius 1 is 1.12 bits per heavy atom. The summed E-state index contributed by atoms with van der Waals surface area (Å²) in [7, 11) is 0. The Balaban J connectivity index is 4.52. The largest absolute Gasteiger partial charge is 0.373 e. The molecule has 4 heteroatoms. The molecule has 0 saturated heterocycles. The van der Waals surface area contributed by atoms with Gasteiger partial charge in [-0.15, -0.1) is 0 Å². The average molecular weight is 232 g/mol. The molecule has 0 bridgehead atoms. The van der Waals surface area contributed by atoms with E-state index in [2.05, 4.69) is 6.92 Å². The third-order valence-corrected chi connectivity index (χ3v) is 2.55. The molecule has 1 unspecified atom stereocenters. The van der Waals surface area contributed by atoms with Crippen LogP contribution in [-0.4, -0.2) is 24.8 Å². The highest BCUT2D eigenvalue weighted by Crippen LogP contribution is 2.25. The van der Waals surface area contributed by atoms with Crippen LogP contribution in [0.25, 0.3) is 0 Å². The molecule has 0 spiro atoms. The van der Waals surface area contributed by atoms with Crippen molar-refractivity contribution in [2.24, 2.45) is 0 Å². The first-order valence-electron chi connectivity index (χ1n) is 6.14. The van der Waals surface area contributed by atoms with Gasteiger partial charge in [-0.1, -0.05) is 26.7 Å². The van der Waals surface area contributed by atoms with Gasteiger partial charge in [0.2, 0.25) is 0 Å². The first-order chi connectivity index (χ1) is 7.66. The number of hydrogen-bond acceptors (Lipinski definition) is 4. The van der Waals surface area contributed by atoms with Crippen LogP contribution in [0.15, 0.2) is 0 Å². The number of carbonyl (C=O) groups is 1. The molecule has 0 amide bonds. The van der Waals surface area contributed by atoms with Crippen LogP contribution in [0.3, 0.4) is 0 Å². The van der Waals surface area contributed by atoms with E-state index in [0.29, 0.717) is 26.1 Å². The summed E-state index contributed by atoms with van der Waals surface area (Å²) in [6.45, 7) is 8.51. The second kappa shape index (κ2) is 8.53. The van der Waals surface area contributed by atoms with Crippen LogP contribution in [0.2, 0.25) is 0 Å². The minimum absolute atomic E-state index is 0.353. The van der Waals surface area contributed by atoms with E-state index in [-0.39, 0.29) is 0 Å². The number of carbonyl (C=O) groups excluding carboxylic acids is 1. The van der Waals surface area contributed by atoms with Crippen molar-refractivity contribution in [3.8, 4) is 0 Å². The van der Waals surface area contributed by atoms with E-state index in [1.54, 1.807) is 6.92 Å². The van der Waals surface area contributed by atoms with Gasteiger partial charge in [0.15, 0.2) is 5.60 Å². The van der Waals surface area contributed by atoms with Crippen LogP contribution < -0.4 is 0 Å². The van der Waals surface area contributed by atoms with E-state index in [0.717, 1.165) is 12.8 Å². The third-order valence-electron chi connectivity index (χ3n) is 2.55. The summed E-state index contributed by atoms with van der Waals surface area (Å²) in [5.41, 5.74) is -0.833. The lowest BCUT2D eigenvalue weighted by Gasteiger charge is -2.29. The van der Waals surface area contributed by atoms with Crippen LogP contribution >= 0.6 is 0 Å². The average Bonchev–Trinajstić information content (AvgIpc) is 2.31. The smallest absolute Gasteiger partial charge is 0.363 e. The lowest BCUT2D eigenvalue weighted by atomic mass is 9.93. The zero-order valence-corrected chi connectivity index (χ0v) is 10.9. The highest BCUT2D eigenvalue weighted by atomic mass is 17.2. The minimum Gasteiger partial charge on any atom is -0.363 e. The predicted molar refractivity (Wildman–Crippen MR) is 61.9 cm³/mol. The monoisotopic (exact) mass is 232 g/mol. The molecule has 0 aromatic rings.